The van der Waals surface area contributed by atoms with E-state index in [1.54, 1.807) is 11.0 Å². The summed E-state index contributed by atoms with van der Waals surface area (Å²) in [6, 6.07) is 13.0. The molecule has 0 bridgehead atoms. The van der Waals surface area contributed by atoms with Crippen molar-refractivity contribution in [2.24, 2.45) is 0 Å². The van der Waals surface area contributed by atoms with E-state index in [9.17, 15) is 14.7 Å². The highest BCUT2D eigenvalue weighted by Crippen LogP contribution is 2.33. The van der Waals surface area contributed by atoms with Gasteiger partial charge in [0.15, 0.2) is 5.78 Å². The molecule has 1 aliphatic rings. The van der Waals surface area contributed by atoms with Crippen molar-refractivity contribution < 1.29 is 19.4 Å². The van der Waals surface area contributed by atoms with Gasteiger partial charge in [0.1, 0.15) is 22.4 Å². The van der Waals surface area contributed by atoms with Gasteiger partial charge in [-0.3, -0.25) is 14.5 Å². The summed E-state index contributed by atoms with van der Waals surface area (Å²) in [5.41, 5.74) is 2.77. The number of phenols is 1. The Morgan fingerprint density at radius 1 is 1.23 bits per heavy atom. The number of Topliss-reactive ketones (excluding diaryl/α,β-unsaturated/α-hetero) is 1. The van der Waals surface area contributed by atoms with Crippen LogP contribution in [0.15, 0.2) is 41.3 Å². The van der Waals surface area contributed by atoms with Gasteiger partial charge in [-0.2, -0.15) is 5.26 Å². The maximum absolute atomic E-state index is 12.7. The minimum absolute atomic E-state index is 0.0400. The van der Waals surface area contributed by atoms with E-state index in [1.165, 1.54) is 18.7 Å². The number of ether oxygens (including phenoxy) is 1. The number of carbonyl (C=O) groups is 2. The van der Waals surface area contributed by atoms with Gasteiger partial charge in [0, 0.05) is 18.5 Å². The summed E-state index contributed by atoms with van der Waals surface area (Å²) in [4.78, 5) is 26.6. The molecular formula is C27H28N2O4S2. The number of aromatic hydroxyl groups is 1. The molecule has 3 rings (SSSR count). The third kappa shape index (κ3) is 6.71. The van der Waals surface area contributed by atoms with E-state index >= 15 is 0 Å². The molecule has 0 radical (unpaired) electrons. The molecule has 6 nitrogen and oxygen atoms in total. The van der Waals surface area contributed by atoms with Crippen molar-refractivity contribution in [3.8, 4) is 17.6 Å². The van der Waals surface area contributed by atoms with Crippen molar-refractivity contribution in [2.45, 2.75) is 52.6 Å². The molecule has 1 saturated heterocycles. The first-order valence-electron chi connectivity index (χ1n) is 11.6. The molecule has 0 atom stereocenters. The number of nitrogens with zero attached hydrogens (tertiary/aromatic N) is 2. The molecule has 0 saturated carbocycles. The Morgan fingerprint density at radius 2 is 1.97 bits per heavy atom. The quantitative estimate of drug-likeness (QED) is 0.172. The largest absolute Gasteiger partial charge is 0.507 e. The third-order valence-corrected chi connectivity index (χ3v) is 7.00. The number of thiocarbonyl (C=S) groups is 1. The van der Waals surface area contributed by atoms with Crippen LogP contribution in [-0.2, 0) is 17.8 Å². The number of benzene rings is 2. The SMILES string of the molecule is CCCc1c(COc2ccc(C=C3SC(=S)N(CCCCC#N)C3=O)cc2)ccc(C(C)=O)c1O. The zero-order valence-corrected chi connectivity index (χ0v) is 21.5. The molecule has 1 N–H and O–H groups in total. The molecule has 182 valence electrons. The smallest absolute Gasteiger partial charge is 0.266 e. The summed E-state index contributed by atoms with van der Waals surface area (Å²) < 4.78 is 6.48. The fraction of sp³-hybridized carbons (Fsp3) is 0.333. The van der Waals surface area contributed by atoms with Crippen molar-refractivity contribution >= 4 is 46.1 Å². The van der Waals surface area contributed by atoms with E-state index < -0.39 is 0 Å². The molecule has 0 aromatic heterocycles. The van der Waals surface area contributed by atoms with Crippen LogP contribution in [0.4, 0.5) is 0 Å². The highest BCUT2D eigenvalue weighted by Gasteiger charge is 2.31. The number of amides is 1. The van der Waals surface area contributed by atoms with Crippen molar-refractivity contribution in [3.05, 3.63) is 63.6 Å². The van der Waals surface area contributed by atoms with E-state index in [-0.39, 0.29) is 24.0 Å². The first-order chi connectivity index (χ1) is 16.8. The number of carbonyl (C=O) groups excluding carboxylic acids is 2. The Bertz CT molecular complexity index is 1180. The van der Waals surface area contributed by atoms with Crippen molar-refractivity contribution in [2.75, 3.05) is 6.54 Å². The lowest BCUT2D eigenvalue weighted by Crippen LogP contribution is -2.28. The lowest BCUT2D eigenvalue weighted by molar-refractivity contribution is -0.122. The van der Waals surface area contributed by atoms with Crippen LogP contribution in [0.2, 0.25) is 0 Å². The van der Waals surface area contributed by atoms with Crippen LogP contribution < -0.4 is 4.74 Å². The Hall–Kier alpha value is -3.15. The van der Waals surface area contributed by atoms with Crippen LogP contribution in [-0.4, -0.2) is 32.6 Å². The van der Waals surface area contributed by atoms with Crippen molar-refractivity contribution in [1.29, 1.82) is 5.26 Å². The fourth-order valence-electron chi connectivity index (χ4n) is 3.77. The van der Waals surface area contributed by atoms with E-state index in [4.69, 9.17) is 22.2 Å². The van der Waals surface area contributed by atoms with Gasteiger partial charge in [-0.1, -0.05) is 55.5 Å². The molecule has 2 aromatic rings. The Kier molecular flexibility index (Phi) is 9.47. The minimum Gasteiger partial charge on any atom is -0.507 e. The molecule has 2 aromatic carbocycles. The number of unbranched alkanes of at least 4 members (excludes halogenated alkanes) is 2. The molecule has 1 heterocycles. The number of phenolic OH excluding ortho intramolecular Hbond substituents is 1. The van der Waals surface area contributed by atoms with Gasteiger partial charge in [0.05, 0.1) is 16.5 Å². The van der Waals surface area contributed by atoms with Gasteiger partial charge in [-0.15, -0.1) is 0 Å². The predicted octanol–water partition coefficient (Wildman–Crippen LogP) is 6.02. The van der Waals surface area contributed by atoms with Gasteiger partial charge in [-0.05, 0) is 61.6 Å². The number of hydrogen-bond donors (Lipinski definition) is 1. The Balaban J connectivity index is 1.65. The summed E-state index contributed by atoms with van der Waals surface area (Å²) >= 11 is 6.64. The second-order valence-electron chi connectivity index (χ2n) is 8.21. The summed E-state index contributed by atoms with van der Waals surface area (Å²) in [7, 11) is 0. The van der Waals surface area contributed by atoms with Gasteiger partial charge < -0.3 is 9.84 Å². The average Bonchev–Trinajstić information content (AvgIpc) is 3.10. The Morgan fingerprint density at radius 3 is 2.63 bits per heavy atom. The normalized spacial score (nSPS) is 14.4. The molecule has 1 aliphatic heterocycles. The zero-order chi connectivity index (χ0) is 25.4. The fourth-order valence-corrected chi connectivity index (χ4v) is 5.07. The van der Waals surface area contributed by atoms with Crippen LogP contribution in [0, 0.1) is 11.3 Å². The summed E-state index contributed by atoms with van der Waals surface area (Å²) in [6.45, 7) is 4.26. The van der Waals surface area contributed by atoms with Crippen molar-refractivity contribution in [3.63, 3.8) is 0 Å². The van der Waals surface area contributed by atoms with E-state index in [2.05, 4.69) is 6.07 Å². The Labute approximate surface area is 215 Å². The average molecular weight is 509 g/mol. The van der Waals surface area contributed by atoms with Crippen LogP contribution in [0.5, 0.6) is 11.5 Å². The molecule has 1 fully saturated rings. The summed E-state index contributed by atoms with van der Waals surface area (Å²) in [5, 5.41) is 19.2. The highest BCUT2D eigenvalue weighted by molar-refractivity contribution is 8.26. The molecule has 35 heavy (non-hydrogen) atoms. The maximum Gasteiger partial charge on any atom is 0.266 e. The first-order valence-corrected chi connectivity index (χ1v) is 12.8. The standard InChI is InChI=1S/C27H28N2O4S2/c1-3-7-23-20(10-13-22(18(2)30)25(23)31)17-33-21-11-8-19(9-12-21)16-24-26(32)29(27(34)35-24)15-6-4-5-14-28/h8-13,16,31H,3-7,15,17H2,1-2H3. The van der Waals surface area contributed by atoms with Crippen molar-refractivity contribution in [1.82, 2.24) is 4.90 Å². The molecule has 0 aliphatic carbocycles. The number of ketones is 1. The molecule has 0 spiro atoms. The third-order valence-electron chi connectivity index (χ3n) is 5.63. The van der Waals surface area contributed by atoms with Crippen LogP contribution in [0.25, 0.3) is 6.08 Å². The van der Waals surface area contributed by atoms with E-state index in [0.29, 0.717) is 39.9 Å². The minimum atomic E-state index is -0.168. The number of hydrogen-bond acceptors (Lipinski definition) is 7. The monoisotopic (exact) mass is 508 g/mol. The van der Waals surface area contributed by atoms with Crippen LogP contribution in [0.1, 0.15) is 66.6 Å². The molecule has 1 amide bonds. The predicted molar refractivity (Wildman–Crippen MR) is 142 cm³/mol. The van der Waals surface area contributed by atoms with E-state index in [0.717, 1.165) is 36.0 Å². The first kappa shape index (κ1) is 26.5. The molecule has 0 unspecified atom stereocenters. The van der Waals surface area contributed by atoms with Gasteiger partial charge in [0.25, 0.3) is 5.91 Å². The van der Waals surface area contributed by atoms with Gasteiger partial charge in [0.2, 0.25) is 0 Å². The van der Waals surface area contributed by atoms with Crippen LogP contribution in [0.3, 0.4) is 0 Å². The second kappa shape index (κ2) is 12.5. The van der Waals surface area contributed by atoms with E-state index in [1.807, 2.05) is 43.3 Å². The van der Waals surface area contributed by atoms with Gasteiger partial charge >= 0.3 is 0 Å². The lowest BCUT2D eigenvalue weighted by Gasteiger charge is -2.14. The summed E-state index contributed by atoms with van der Waals surface area (Å²) in [6.07, 6.45) is 5.27. The molecule has 8 heteroatoms. The number of nitriles is 1. The topological polar surface area (TPSA) is 90.6 Å². The number of thioether (sulfide) groups is 1. The number of rotatable bonds is 11. The van der Waals surface area contributed by atoms with Crippen LogP contribution >= 0.6 is 24.0 Å². The van der Waals surface area contributed by atoms with Gasteiger partial charge in [-0.25, -0.2) is 0 Å². The highest BCUT2D eigenvalue weighted by atomic mass is 32.2. The second-order valence-corrected chi connectivity index (χ2v) is 9.89. The lowest BCUT2D eigenvalue weighted by atomic mass is 9.97. The maximum atomic E-state index is 12.7. The summed E-state index contributed by atoms with van der Waals surface area (Å²) in [5.74, 6) is 0.427. The molecular weight excluding hydrogens is 480 g/mol. The zero-order valence-electron chi connectivity index (χ0n) is 19.9.